The summed E-state index contributed by atoms with van der Waals surface area (Å²) in [7, 11) is -3.61. The molecule has 0 aromatic heterocycles. The number of nitro groups is 1. The average molecular weight is 358 g/mol. The highest BCUT2D eigenvalue weighted by molar-refractivity contribution is 7.89. The smallest absolute Gasteiger partial charge is 0.324 e. The minimum absolute atomic E-state index is 0.0577. The monoisotopic (exact) mass is 358 g/mol. The second-order valence-corrected chi connectivity index (χ2v) is 7.10. The number of ether oxygens (including phenoxy) is 1. The number of esters is 1. The van der Waals surface area contributed by atoms with Gasteiger partial charge in [0.15, 0.2) is 0 Å². The van der Waals surface area contributed by atoms with Gasteiger partial charge < -0.3 is 4.74 Å². The number of nitrogens with zero attached hydrogens (tertiary/aromatic N) is 1. The van der Waals surface area contributed by atoms with Crippen molar-refractivity contribution < 1.29 is 22.9 Å². The first-order valence-electron chi connectivity index (χ1n) is 7.69. The standard InChI is InChI=1S/C15H22N2O6S/c1-3-5-10-24(21,22)16-14(15(18)23-4-2)11-12-6-8-13(9-7-12)17(19)20/h6-9,14,16H,3-5,10-11H2,1-2H3/t14-/m0/s1. The number of hydrogen-bond donors (Lipinski definition) is 1. The Hall–Kier alpha value is -2.00. The number of carbonyl (C=O) groups excluding carboxylic acids is 1. The second-order valence-electron chi connectivity index (χ2n) is 5.22. The van der Waals surface area contributed by atoms with Crippen molar-refractivity contribution in [1.82, 2.24) is 4.72 Å². The van der Waals surface area contributed by atoms with Crippen molar-refractivity contribution in [2.24, 2.45) is 0 Å². The number of sulfonamides is 1. The van der Waals surface area contributed by atoms with E-state index in [-0.39, 0.29) is 24.5 Å². The van der Waals surface area contributed by atoms with Gasteiger partial charge >= 0.3 is 5.97 Å². The third-order valence-corrected chi connectivity index (χ3v) is 4.72. The van der Waals surface area contributed by atoms with Gasteiger partial charge in [0, 0.05) is 12.1 Å². The van der Waals surface area contributed by atoms with Gasteiger partial charge in [0.05, 0.1) is 17.3 Å². The summed E-state index contributed by atoms with van der Waals surface area (Å²) in [5, 5.41) is 10.7. The molecule has 0 radical (unpaired) electrons. The number of nitrogens with one attached hydrogen (secondary N) is 1. The molecular weight excluding hydrogens is 336 g/mol. The highest BCUT2D eigenvalue weighted by atomic mass is 32.2. The molecule has 1 rings (SSSR count). The van der Waals surface area contributed by atoms with Gasteiger partial charge in [-0.25, -0.2) is 13.1 Å². The second kappa shape index (κ2) is 9.33. The predicted octanol–water partition coefficient (Wildman–Crippen LogP) is 1.79. The van der Waals surface area contributed by atoms with Gasteiger partial charge in [-0.3, -0.25) is 14.9 Å². The molecule has 0 saturated heterocycles. The summed E-state index contributed by atoms with van der Waals surface area (Å²) in [5.41, 5.74) is 0.520. The minimum atomic E-state index is -3.61. The molecule has 1 aromatic rings. The summed E-state index contributed by atoms with van der Waals surface area (Å²) in [4.78, 5) is 22.1. The number of non-ortho nitro benzene ring substituents is 1. The first-order valence-corrected chi connectivity index (χ1v) is 9.34. The topological polar surface area (TPSA) is 116 Å². The van der Waals surface area contributed by atoms with Crippen molar-refractivity contribution in [3.8, 4) is 0 Å². The SMILES string of the molecule is CCCCS(=O)(=O)N[C@@H](Cc1ccc([N+](=O)[O-])cc1)C(=O)OCC. The fourth-order valence-electron chi connectivity index (χ4n) is 2.02. The van der Waals surface area contributed by atoms with Gasteiger partial charge in [-0.05, 0) is 25.3 Å². The molecule has 0 spiro atoms. The average Bonchev–Trinajstić information content (AvgIpc) is 2.53. The molecular formula is C15H22N2O6S. The van der Waals surface area contributed by atoms with Crippen LogP contribution in [0.4, 0.5) is 5.69 Å². The van der Waals surface area contributed by atoms with Crippen LogP contribution < -0.4 is 4.72 Å². The van der Waals surface area contributed by atoms with Crippen LogP contribution in [0, 0.1) is 10.1 Å². The maximum Gasteiger partial charge on any atom is 0.324 e. The zero-order valence-electron chi connectivity index (χ0n) is 13.7. The Kier molecular flexibility index (Phi) is 7.80. The number of unbranched alkanes of at least 4 members (excludes halogenated alkanes) is 1. The first kappa shape index (κ1) is 20.0. The molecule has 1 atom stereocenters. The van der Waals surface area contributed by atoms with Crippen molar-refractivity contribution in [2.45, 2.75) is 39.2 Å². The fourth-order valence-corrected chi connectivity index (χ4v) is 3.42. The largest absolute Gasteiger partial charge is 0.465 e. The summed E-state index contributed by atoms with van der Waals surface area (Å²) in [5.74, 6) is -0.740. The van der Waals surface area contributed by atoms with E-state index in [1.54, 1.807) is 6.92 Å². The number of hydrogen-bond acceptors (Lipinski definition) is 6. The predicted molar refractivity (Wildman–Crippen MR) is 89.1 cm³/mol. The summed E-state index contributed by atoms with van der Waals surface area (Å²) in [6, 6.07) is 4.54. The molecule has 0 saturated carbocycles. The van der Waals surface area contributed by atoms with Gasteiger partial charge in [0.2, 0.25) is 10.0 Å². The van der Waals surface area contributed by atoms with Crippen molar-refractivity contribution in [3.05, 3.63) is 39.9 Å². The summed E-state index contributed by atoms with van der Waals surface area (Å²) in [6.07, 6.45) is 1.26. The van der Waals surface area contributed by atoms with Gasteiger partial charge in [0.25, 0.3) is 5.69 Å². The normalized spacial score (nSPS) is 12.6. The van der Waals surface area contributed by atoms with Crippen LogP contribution in [0.15, 0.2) is 24.3 Å². The molecule has 8 nitrogen and oxygen atoms in total. The van der Waals surface area contributed by atoms with Gasteiger partial charge in [-0.1, -0.05) is 25.5 Å². The van der Waals surface area contributed by atoms with Gasteiger partial charge in [0.1, 0.15) is 6.04 Å². The third kappa shape index (κ3) is 6.63. The number of nitro benzene ring substituents is 1. The van der Waals surface area contributed by atoms with Crippen LogP contribution in [-0.4, -0.2) is 37.7 Å². The van der Waals surface area contributed by atoms with Gasteiger partial charge in [-0.2, -0.15) is 0 Å². The maximum atomic E-state index is 12.0. The van der Waals surface area contributed by atoms with E-state index in [9.17, 15) is 23.3 Å². The Labute approximate surface area is 141 Å². The molecule has 1 N–H and O–H groups in total. The van der Waals surface area contributed by atoms with E-state index in [0.717, 1.165) is 0 Å². The Morgan fingerprint density at radius 1 is 1.29 bits per heavy atom. The molecule has 0 fully saturated rings. The molecule has 0 aliphatic heterocycles. The highest BCUT2D eigenvalue weighted by Gasteiger charge is 2.25. The van der Waals surface area contributed by atoms with Crippen molar-refractivity contribution in [2.75, 3.05) is 12.4 Å². The number of benzene rings is 1. The Morgan fingerprint density at radius 3 is 2.42 bits per heavy atom. The minimum Gasteiger partial charge on any atom is -0.465 e. The van der Waals surface area contributed by atoms with E-state index >= 15 is 0 Å². The van der Waals surface area contributed by atoms with E-state index in [2.05, 4.69) is 4.72 Å². The van der Waals surface area contributed by atoms with Crippen molar-refractivity contribution >= 4 is 21.7 Å². The molecule has 134 valence electrons. The lowest BCUT2D eigenvalue weighted by molar-refractivity contribution is -0.384. The molecule has 9 heteroatoms. The van der Waals surface area contributed by atoms with Crippen molar-refractivity contribution in [1.29, 1.82) is 0 Å². The highest BCUT2D eigenvalue weighted by Crippen LogP contribution is 2.14. The molecule has 0 unspecified atom stereocenters. The van der Waals surface area contributed by atoms with E-state index < -0.39 is 27.0 Å². The number of carbonyl (C=O) groups is 1. The van der Waals surface area contributed by atoms with Gasteiger partial charge in [-0.15, -0.1) is 0 Å². The molecule has 0 amide bonds. The fraction of sp³-hybridized carbons (Fsp3) is 0.533. The van der Waals surface area contributed by atoms with E-state index in [0.29, 0.717) is 18.4 Å². The molecule has 0 bridgehead atoms. The van der Waals surface area contributed by atoms with Crippen LogP contribution in [0.3, 0.4) is 0 Å². The Bertz CT molecular complexity index is 657. The third-order valence-electron chi connectivity index (χ3n) is 3.25. The summed E-state index contributed by atoms with van der Waals surface area (Å²) in [6.45, 7) is 3.63. The van der Waals surface area contributed by atoms with Crippen LogP contribution in [-0.2, 0) is 26.0 Å². The maximum absolute atomic E-state index is 12.0. The molecule has 1 aromatic carbocycles. The molecule has 24 heavy (non-hydrogen) atoms. The lowest BCUT2D eigenvalue weighted by Gasteiger charge is -2.17. The molecule has 0 heterocycles. The zero-order valence-corrected chi connectivity index (χ0v) is 14.5. The van der Waals surface area contributed by atoms with Crippen LogP contribution in [0.2, 0.25) is 0 Å². The first-order chi connectivity index (χ1) is 11.3. The van der Waals surface area contributed by atoms with Crippen LogP contribution in [0.1, 0.15) is 32.3 Å². The zero-order chi connectivity index (χ0) is 18.2. The van der Waals surface area contributed by atoms with Crippen molar-refractivity contribution in [3.63, 3.8) is 0 Å². The van der Waals surface area contributed by atoms with E-state index in [1.807, 2.05) is 6.92 Å². The van der Waals surface area contributed by atoms with Crippen LogP contribution in [0.5, 0.6) is 0 Å². The summed E-state index contributed by atoms with van der Waals surface area (Å²) < 4.78 is 31.3. The quantitative estimate of drug-likeness (QED) is 0.387. The van der Waals surface area contributed by atoms with E-state index in [1.165, 1.54) is 24.3 Å². The lowest BCUT2D eigenvalue weighted by Crippen LogP contribution is -2.44. The number of rotatable bonds is 10. The molecule has 0 aliphatic carbocycles. The van der Waals surface area contributed by atoms with Crippen LogP contribution in [0.25, 0.3) is 0 Å². The molecule has 0 aliphatic rings. The Balaban J connectivity index is 2.89. The summed E-state index contributed by atoms with van der Waals surface area (Å²) >= 11 is 0. The van der Waals surface area contributed by atoms with Crippen LogP contribution >= 0.6 is 0 Å². The Morgan fingerprint density at radius 2 is 1.92 bits per heavy atom. The van der Waals surface area contributed by atoms with E-state index in [4.69, 9.17) is 4.74 Å². The lowest BCUT2D eigenvalue weighted by atomic mass is 10.1.